The molecule has 4 N–H and O–H groups in total. The van der Waals surface area contributed by atoms with Crippen molar-refractivity contribution in [3.8, 4) is 0 Å². The molecule has 0 aliphatic carbocycles. The van der Waals surface area contributed by atoms with Crippen molar-refractivity contribution in [3.05, 3.63) is 0 Å². The Balaban J connectivity index is -0.0000000600. The van der Waals surface area contributed by atoms with Crippen LogP contribution in [0.5, 0.6) is 0 Å². The van der Waals surface area contributed by atoms with Gasteiger partial charge in [0.1, 0.15) is 0 Å². The first-order valence-electron chi connectivity index (χ1n) is 5.14. The predicted molar refractivity (Wildman–Crippen MR) is 55.7 cm³/mol. The van der Waals surface area contributed by atoms with Crippen molar-refractivity contribution in [2.45, 2.75) is 40.0 Å². The summed E-state index contributed by atoms with van der Waals surface area (Å²) < 4.78 is 24.4. The van der Waals surface area contributed by atoms with Crippen LogP contribution in [0.3, 0.4) is 0 Å². The van der Waals surface area contributed by atoms with E-state index >= 15 is 0 Å². The van der Waals surface area contributed by atoms with E-state index in [1.54, 1.807) is 0 Å². The Morgan fingerprint density at radius 3 is 0.812 bits per heavy atom. The number of hydrogen-bond donors (Lipinski definition) is 4. The zero-order valence-electron chi connectivity index (χ0n) is 10.3. The van der Waals surface area contributed by atoms with Crippen molar-refractivity contribution in [1.82, 2.24) is 0 Å². The van der Waals surface area contributed by atoms with Gasteiger partial charge in [0.2, 0.25) is 0 Å². The van der Waals surface area contributed by atoms with Gasteiger partial charge in [0.15, 0.2) is 0 Å². The minimum absolute atomic E-state index is 0.319. The molecule has 0 bridgehead atoms. The minimum atomic E-state index is -3.69. The van der Waals surface area contributed by atoms with Gasteiger partial charge in [0, 0.05) is 19.8 Å². The van der Waals surface area contributed by atoms with Crippen molar-refractivity contribution in [3.63, 3.8) is 0 Å². The van der Waals surface area contributed by atoms with Crippen molar-refractivity contribution in [2.24, 2.45) is 0 Å². The summed E-state index contributed by atoms with van der Waals surface area (Å²) in [5.74, 6) is 0. The maximum absolute atomic E-state index is 8.67. The second-order valence-electron chi connectivity index (χ2n) is 2.41. The van der Waals surface area contributed by atoms with Crippen LogP contribution >= 0.6 is 0 Å². The molecule has 0 aromatic carbocycles. The maximum atomic E-state index is 8.67. The van der Waals surface area contributed by atoms with Crippen LogP contribution in [0.2, 0.25) is 0 Å². The Kier molecular flexibility index (Phi) is 56.7. The molecule has 0 aliphatic heterocycles. The molecule has 0 fully saturated rings. The molecule has 6 nitrogen and oxygen atoms in total. The van der Waals surface area contributed by atoms with Gasteiger partial charge in [-0.25, -0.2) is 0 Å². The van der Waals surface area contributed by atoms with Crippen LogP contribution in [0, 0.1) is 0 Å². The van der Waals surface area contributed by atoms with E-state index in [1.807, 2.05) is 20.8 Å². The van der Waals surface area contributed by atoms with E-state index in [1.165, 1.54) is 0 Å². The second kappa shape index (κ2) is 36.3. The van der Waals surface area contributed by atoms with E-state index in [-0.39, 0.29) is 0 Å². The molecule has 0 aromatic heterocycles. The summed E-state index contributed by atoms with van der Waals surface area (Å²) in [4.78, 5) is 0. The normalized spacial score (nSPS) is 7.19. The van der Waals surface area contributed by atoms with E-state index in [2.05, 4.69) is 0 Å². The molecule has 0 aromatic rings. The van der Waals surface area contributed by atoms with Gasteiger partial charge in [0.05, 0.1) is 0 Å². The number of rotatable bonds is 3. The van der Waals surface area contributed by atoms with Gasteiger partial charge in [-0.05, 0) is 19.3 Å². The molecule has 0 saturated heterocycles. The third kappa shape index (κ3) is 260. The summed E-state index contributed by atoms with van der Waals surface area (Å²) in [6, 6.07) is 0. The van der Waals surface area contributed by atoms with E-state index in [0.29, 0.717) is 19.8 Å². The topological polar surface area (TPSA) is 115 Å². The average Bonchev–Trinajstić information content (AvgIpc) is 2.28. The number of aliphatic hydroxyl groups is 3. The van der Waals surface area contributed by atoms with Crippen molar-refractivity contribution >= 4 is 0 Å². The third-order valence-electron chi connectivity index (χ3n) is 0.671. The predicted octanol–water partition coefficient (Wildman–Crippen LogP) is 0.369. The van der Waals surface area contributed by atoms with Crippen molar-refractivity contribution < 1.29 is 42.1 Å². The Labute approximate surface area is 102 Å². The molecule has 0 spiro atoms. The summed E-state index contributed by atoms with van der Waals surface area (Å²) >= 11 is -3.69. The molecule has 0 unspecified atom stereocenters. The zero-order chi connectivity index (χ0) is 13.8. The van der Waals surface area contributed by atoms with Crippen molar-refractivity contribution in [2.75, 3.05) is 19.8 Å². The molecule has 0 amide bonds. The van der Waals surface area contributed by atoms with Crippen LogP contribution in [0.4, 0.5) is 0 Å². The standard InChI is InChI=1S/3C3H8O.H2O.2O.V/c3*1-2-3-4;;;;/h3*4H,2-3H2,1H3;1H2;;;/q;;;;;;+1/p-1. The third-order valence-corrected chi connectivity index (χ3v) is 0.671. The first-order chi connectivity index (χ1) is 7.47. The van der Waals surface area contributed by atoms with Crippen LogP contribution in [0.15, 0.2) is 0 Å². The Morgan fingerprint density at radius 2 is 0.812 bits per heavy atom. The van der Waals surface area contributed by atoms with E-state index in [4.69, 9.17) is 26.7 Å². The first-order valence-corrected chi connectivity index (χ1v) is 6.90. The fraction of sp³-hybridized carbons (Fsp3) is 1.00. The summed E-state index contributed by atoms with van der Waals surface area (Å²) in [7, 11) is 0. The van der Waals surface area contributed by atoms with Gasteiger partial charge < -0.3 is 15.3 Å². The van der Waals surface area contributed by atoms with E-state index in [9.17, 15) is 0 Å². The van der Waals surface area contributed by atoms with E-state index < -0.39 is 15.4 Å². The van der Waals surface area contributed by atoms with Gasteiger partial charge in [-0.15, -0.1) is 0 Å². The average molecular weight is 280 g/mol. The SMILES string of the molecule is CCCO.CCCO.CCCO.[O]=[V](=[O])[OH]. The molecule has 7 heteroatoms. The molecule has 0 atom stereocenters. The monoisotopic (exact) mass is 280 g/mol. The van der Waals surface area contributed by atoms with Crippen LogP contribution in [-0.4, -0.2) is 39.2 Å². The zero-order valence-corrected chi connectivity index (χ0v) is 11.7. The molecule has 0 radical (unpaired) electrons. The van der Waals surface area contributed by atoms with Crippen molar-refractivity contribution in [1.29, 1.82) is 0 Å². The summed E-state index contributed by atoms with van der Waals surface area (Å²) in [5.41, 5.74) is 0. The molecule has 0 heterocycles. The van der Waals surface area contributed by atoms with Gasteiger partial charge in [-0.1, -0.05) is 20.8 Å². The summed E-state index contributed by atoms with van der Waals surface area (Å²) in [5, 5.41) is 23.6. The van der Waals surface area contributed by atoms with Gasteiger partial charge in [-0.2, -0.15) is 0 Å². The Bertz CT molecular complexity index is 114. The Morgan fingerprint density at radius 1 is 0.750 bits per heavy atom. The van der Waals surface area contributed by atoms with E-state index in [0.717, 1.165) is 19.3 Å². The van der Waals surface area contributed by atoms with Crippen LogP contribution in [0.1, 0.15) is 40.0 Å². The van der Waals surface area contributed by atoms with Gasteiger partial charge in [-0.3, -0.25) is 0 Å². The molecular weight excluding hydrogens is 255 g/mol. The molecule has 0 saturated carbocycles. The number of hydrogen-bond acceptors (Lipinski definition) is 5. The Hall–Kier alpha value is 0.0244. The summed E-state index contributed by atoms with van der Waals surface area (Å²) in [6.07, 6.45) is 2.62. The van der Waals surface area contributed by atoms with Crippen LogP contribution in [0.25, 0.3) is 0 Å². The fourth-order valence-electron chi connectivity index (χ4n) is 0. The molecule has 102 valence electrons. The summed E-state index contributed by atoms with van der Waals surface area (Å²) in [6.45, 7) is 6.75. The fourth-order valence-corrected chi connectivity index (χ4v) is 0. The quantitative estimate of drug-likeness (QED) is 0.593. The molecular formula is C9H25O6V. The van der Waals surface area contributed by atoms with Crippen LogP contribution < -0.4 is 0 Å². The number of aliphatic hydroxyl groups excluding tert-OH is 3. The van der Waals surface area contributed by atoms with Gasteiger partial charge >= 0.3 is 26.8 Å². The molecule has 0 aliphatic rings. The first kappa shape index (κ1) is 25.0. The molecule has 0 rings (SSSR count). The van der Waals surface area contributed by atoms with Gasteiger partial charge in [0.25, 0.3) is 0 Å². The second-order valence-corrected chi connectivity index (χ2v) is 3.15. The van der Waals surface area contributed by atoms with Crippen LogP contribution in [-0.2, 0) is 22.7 Å². The molecule has 16 heavy (non-hydrogen) atoms.